The summed E-state index contributed by atoms with van der Waals surface area (Å²) in [7, 11) is 0. The molecule has 2 heterocycles. The van der Waals surface area contributed by atoms with E-state index in [0.29, 0.717) is 5.69 Å². The third-order valence-electron chi connectivity index (χ3n) is 2.62. The van der Waals surface area contributed by atoms with Gasteiger partial charge < -0.3 is 14.6 Å². The summed E-state index contributed by atoms with van der Waals surface area (Å²) < 4.78 is 9.86. The molecule has 0 aliphatic rings. The van der Waals surface area contributed by atoms with Crippen molar-refractivity contribution in [1.29, 1.82) is 0 Å². The zero-order valence-electron chi connectivity index (χ0n) is 13.3. The lowest BCUT2D eigenvalue weighted by Gasteiger charge is -2.04. The Hall–Kier alpha value is -3.69. The minimum absolute atomic E-state index is 0.0119. The van der Waals surface area contributed by atoms with E-state index in [0.717, 1.165) is 6.33 Å². The minimum Gasteiger partial charge on any atom is -0.479 e. The third-order valence-corrected chi connectivity index (χ3v) is 2.62. The van der Waals surface area contributed by atoms with Crippen LogP contribution < -0.4 is 9.47 Å². The molecule has 10 nitrogen and oxygen atoms in total. The number of aromatic nitrogens is 5. The fraction of sp³-hybridized carbons (Fsp3) is 0.133. The molecule has 10 heteroatoms. The highest BCUT2D eigenvalue weighted by Crippen LogP contribution is 2.13. The van der Waals surface area contributed by atoms with Crippen LogP contribution in [0.5, 0.6) is 17.9 Å². The summed E-state index contributed by atoms with van der Waals surface area (Å²) >= 11 is 0. The van der Waals surface area contributed by atoms with Gasteiger partial charge in [0.05, 0.1) is 5.69 Å². The number of ether oxygens (including phenoxy) is 2. The summed E-state index contributed by atoms with van der Waals surface area (Å²) in [6.07, 6.45) is 3.56. The van der Waals surface area contributed by atoms with Gasteiger partial charge in [0.25, 0.3) is 0 Å². The van der Waals surface area contributed by atoms with Crippen molar-refractivity contribution in [3.8, 4) is 17.9 Å². The number of nitrogens with zero attached hydrogens (tertiary/aromatic N) is 5. The first-order chi connectivity index (χ1) is 11.8. The fourth-order valence-electron chi connectivity index (χ4n) is 1.44. The molecule has 2 aromatic rings. The van der Waals surface area contributed by atoms with Gasteiger partial charge >= 0.3 is 24.0 Å². The molecule has 0 unspecified atom stereocenters. The van der Waals surface area contributed by atoms with Crippen LogP contribution in [0.25, 0.3) is 6.08 Å². The molecule has 128 valence electrons. The van der Waals surface area contributed by atoms with Crippen molar-refractivity contribution >= 4 is 18.0 Å². The Bertz CT molecular complexity index is 865. The van der Waals surface area contributed by atoms with Crippen molar-refractivity contribution in [1.82, 2.24) is 24.9 Å². The molecule has 0 bridgehead atoms. The van der Waals surface area contributed by atoms with Crippen molar-refractivity contribution in [2.24, 2.45) is 0 Å². The van der Waals surface area contributed by atoms with E-state index in [9.17, 15) is 9.59 Å². The Morgan fingerprint density at radius 2 is 1.80 bits per heavy atom. The Kier molecular flexibility index (Phi) is 5.46. The summed E-state index contributed by atoms with van der Waals surface area (Å²) in [5.74, 6) is -1.37. The SMILES string of the molecule is C=C(C)C(=O)Oc1cc(/C=C(\C)C(=O)Oc2ncnc(O)n2)ncn1. The molecule has 0 amide bonds. The van der Waals surface area contributed by atoms with E-state index < -0.39 is 17.9 Å². The van der Waals surface area contributed by atoms with Gasteiger partial charge in [-0.2, -0.15) is 9.97 Å². The molecule has 0 aliphatic carbocycles. The minimum atomic E-state index is -0.760. The number of carbonyl (C=O) groups excluding carboxylic acids is 2. The number of carbonyl (C=O) groups is 2. The van der Waals surface area contributed by atoms with Crippen LogP contribution in [0, 0.1) is 0 Å². The van der Waals surface area contributed by atoms with Crippen LogP contribution in [0.15, 0.2) is 36.4 Å². The van der Waals surface area contributed by atoms with Gasteiger partial charge in [0, 0.05) is 17.2 Å². The molecule has 25 heavy (non-hydrogen) atoms. The number of esters is 2. The van der Waals surface area contributed by atoms with E-state index in [2.05, 4.69) is 31.5 Å². The third kappa shape index (κ3) is 5.16. The van der Waals surface area contributed by atoms with Crippen LogP contribution in [-0.2, 0) is 9.59 Å². The Balaban J connectivity index is 2.11. The van der Waals surface area contributed by atoms with Crippen molar-refractivity contribution < 1.29 is 24.2 Å². The molecule has 0 radical (unpaired) electrons. The highest BCUT2D eigenvalue weighted by molar-refractivity contribution is 5.94. The molecule has 0 saturated heterocycles. The molecule has 0 fully saturated rings. The molecule has 0 atom stereocenters. The standard InChI is InChI=1S/C15H13N5O5/c1-8(2)12(21)24-11-5-10(16-6-17-11)4-9(3)13(22)25-15-19-7-18-14(23)20-15/h4-7H,1H2,2-3H3,(H,18,19,20,23)/b9-4+. The van der Waals surface area contributed by atoms with Gasteiger partial charge in [-0.25, -0.2) is 19.6 Å². The van der Waals surface area contributed by atoms with E-state index in [1.165, 1.54) is 32.3 Å². The largest absolute Gasteiger partial charge is 0.479 e. The summed E-state index contributed by atoms with van der Waals surface area (Å²) in [4.78, 5) is 41.6. The molecule has 1 N–H and O–H groups in total. The number of aromatic hydroxyl groups is 1. The first-order valence-electron chi connectivity index (χ1n) is 6.83. The van der Waals surface area contributed by atoms with Crippen molar-refractivity contribution in [2.45, 2.75) is 13.8 Å². The normalized spacial score (nSPS) is 10.9. The molecule has 0 aliphatic heterocycles. The number of rotatable bonds is 5. The number of hydrogen-bond donors (Lipinski definition) is 1. The van der Waals surface area contributed by atoms with Crippen LogP contribution in [0.2, 0.25) is 0 Å². The van der Waals surface area contributed by atoms with E-state index >= 15 is 0 Å². The van der Waals surface area contributed by atoms with Crippen molar-refractivity contribution in [3.05, 3.63) is 42.1 Å². The molecular weight excluding hydrogens is 330 g/mol. The maximum Gasteiger partial charge on any atom is 0.341 e. The van der Waals surface area contributed by atoms with Gasteiger partial charge in [0.2, 0.25) is 5.88 Å². The highest BCUT2D eigenvalue weighted by atomic mass is 16.6. The van der Waals surface area contributed by atoms with E-state index in [1.54, 1.807) is 0 Å². The second-order valence-corrected chi connectivity index (χ2v) is 4.74. The zero-order valence-corrected chi connectivity index (χ0v) is 13.3. The smallest absolute Gasteiger partial charge is 0.341 e. The van der Waals surface area contributed by atoms with Gasteiger partial charge in [-0.1, -0.05) is 6.58 Å². The lowest BCUT2D eigenvalue weighted by Crippen LogP contribution is -2.12. The molecule has 2 aromatic heterocycles. The Labute approximate surface area is 141 Å². The van der Waals surface area contributed by atoms with E-state index in [4.69, 9.17) is 14.6 Å². The quantitative estimate of drug-likeness (QED) is 0.614. The lowest BCUT2D eigenvalue weighted by atomic mass is 10.2. The molecule has 0 aromatic carbocycles. The molecule has 2 rings (SSSR count). The van der Waals surface area contributed by atoms with Crippen LogP contribution in [-0.4, -0.2) is 42.0 Å². The topological polar surface area (TPSA) is 137 Å². The van der Waals surface area contributed by atoms with E-state index in [-0.39, 0.29) is 23.0 Å². The van der Waals surface area contributed by atoms with Gasteiger partial charge in [-0.15, -0.1) is 4.98 Å². The second-order valence-electron chi connectivity index (χ2n) is 4.74. The average Bonchev–Trinajstić information content (AvgIpc) is 2.55. The first kappa shape index (κ1) is 17.7. The monoisotopic (exact) mass is 343 g/mol. The van der Waals surface area contributed by atoms with Crippen LogP contribution in [0.3, 0.4) is 0 Å². The Morgan fingerprint density at radius 1 is 1.08 bits per heavy atom. The van der Waals surface area contributed by atoms with Gasteiger partial charge in [0.15, 0.2) is 0 Å². The lowest BCUT2D eigenvalue weighted by molar-refractivity contribution is -0.131. The van der Waals surface area contributed by atoms with Crippen LogP contribution in [0.4, 0.5) is 0 Å². The fourth-order valence-corrected chi connectivity index (χ4v) is 1.44. The molecule has 0 saturated carbocycles. The van der Waals surface area contributed by atoms with E-state index in [1.807, 2.05) is 0 Å². The van der Waals surface area contributed by atoms with Gasteiger partial charge in [-0.05, 0) is 19.9 Å². The zero-order chi connectivity index (χ0) is 18.4. The maximum absolute atomic E-state index is 12.0. The van der Waals surface area contributed by atoms with Gasteiger partial charge in [0.1, 0.15) is 12.7 Å². The maximum atomic E-state index is 12.0. The Morgan fingerprint density at radius 3 is 2.48 bits per heavy atom. The highest BCUT2D eigenvalue weighted by Gasteiger charge is 2.12. The summed E-state index contributed by atoms with van der Waals surface area (Å²) in [6.45, 7) is 6.45. The predicted octanol–water partition coefficient (Wildman–Crippen LogP) is 0.858. The first-order valence-corrected chi connectivity index (χ1v) is 6.83. The second kappa shape index (κ2) is 7.73. The van der Waals surface area contributed by atoms with Gasteiger partial charge in [-0.3, -0.25) is 0 Å². The predicted molar refractivity (Wildman–Crippen MR) is 83.3 cm³/mol. The van der Waals surface area contributed by atoms with Crippen LogP contribution in [0.1, 0.15) is 19.5 Å². The average molecular weight is 343 g/mol. The molecule has 0 spiro atoms. The molecular formula is C15H13N5O5. The van der Waals surface area contributed by atoms with Crippen molar-refractivity contribution in [2.75, 3.05) is 0 Å². The van der Waals surface area contributed by atoms with Crippen molar-refractivity contribution in [3.63, 3.8) is 0 Å². The summed E-state index contributed by atoms with van der Waals surface area (Å²) in [6, 6.07) is 0.454. The number of hydrogen-bond acceptors (Lipinski definition) is 10. The van der Waals surface area contributed by atoms with Crippen LogP contribution >= 0.6 is 0 Å². The summed E-state index contributed by atoms with van der Waals surface area (Å²) in [5, 5.41) is 9.11. The summed E-state index contributed by atoms with van der Waals surface area (Å²) in [5.41, 5.74) is 0.694.